The Bertz CT molecular complexity index is 580. The van der Waals surface area contributed by atoms with E-state index in [9.17, 15) is 17.2 Å². The molecule has 0 aliphatic rings. The molecular formula is C13H20F2N2O2S2. The maximum atomic E-state index is 13.8. The number of halogens is 2. The molecule has 120 valence electrons. The summed E-state index contributed by atoms with van der Waals surface area (Å²) >= 11 is 1.61. The maximum Gasteiger partial charge on any atom is 0.243 e. The molecule has 0 radical (unpaired) electrons. The summed E-state index contributed by atoms with van der Waals surface area (Å²) in [7, 11) is -2.42. The van der Waals surface area contributed by atoms with Crippen LogP contribution in [0.3, 0.4) is 0 Å². The van der Waals surface area contributed by atoms with Crippen molar-refractivity contribution in [2.45, 2.75) is 30.0 Å². The fourth-order valence-corrected chi connectivity index (χ4v) is 3.25. The summed E-state index contributed by atoms with van der Waals surface area (Å²) in [5, 5.41) is 3.05. The first-order chi connectivity index (χ1) is 9.81. The normalized spacial score (nSPS) is 13.4. The number of rotatable bonds is 8. The van der Waals surface area contributed by atoms with Crippen LogP contribution in [0.5, 0.6) is 0 Å². The van der Waals surface area contributed by atoms with E-state index in [-0.39, 0.29) is 18.3 Å². The largest absolute Gasteiger partial charge is 0.316 e. The summed E-state index contributed by atoms with van der Waals surface area (Å²) in [5.74, 6) is -2.51. The molecule has 1 aromatic carbocycles. The van der Waals surface area contributed by atoms with Crippen molar-refractivity contribution in [1.82, 2.24) is 10.0 Å². The summed E-state index contributed by atoms with van der Waals surface area (Å²) in [6, 6.07) is 2.13. The molecular weight excluding hydrogens is 318 g/mol. The molecule has 1 unspecified atom stereocenters. The number of hydrogen-bond acceptors (Lipinski definition) is 4. The third-order valence-electron chi connectivity index (χ3n) is 2.97. The minimum atomic E-state index is -4.06. The van der Waals surface area contributed by atoms with E-state index < -0.39 is 26.6 Å². The Kier molecular flexibility index (Phi) is 7.05. The molecule has 0 saturated heterocycles. The molecule has 0 saturated carbocycles. The minimum Gasteiger partial charge on any atom is -0.316 e. The smallest absolute Gasteiger partial charge is 0.243 e. The van der Waals surface area contributed by atoms with Gasteiger partial charge >= 0.3 is 0 Å². The standard InChI is InChI=1S/C13H20F2N2O2S2/c1-9(20-3)4-5-17-21(18,19)12-7-10(8-16-2)6-11(14)13(12)15/h6-7,9,16-17H,4-5,8H2,1-3H3. The van der Waals surface area contributed by atoms with Gasteiger partial charge in [-0.1, -0.05) is 6.92 Å². The van der Waals surface area contributed by atoms with Crippen LogP contribution in [-0.4, -0.2) is 33.5 Å². The number of sulfonamides is 1. The second kappa shape index (κ2) is 8.07. The highest BCUT2D eigenvalue weighted by atomic mass is 32.2. The molecule has 8 heteroatoms. The lowest BCUT2D eigenvalue weighted by Crippen LogP contribution is -2.27. The van der Waals surface area contributed by atoms with Crippen LogP contribution in [0, 0.1) is 11.6 Å². The maximum absolute atomic E-state index is 13.8. The number of hydrogen-bond donors (Lipinski definition) is 2. The van der Waals surface area contributed by atoms with Gasteiger partial charge in [-0.3, -0.25) is 0 Å². The average Bonchev–Trinajstić information content (AvgIpc) is 2.42. The van der Waals surface area contributed by atoms with E-state index in [1.54, 1.807) is 18.8 Å². The summed E-state index contributed by atoms with van der Waals surface area (Å²) in [6.45, 7) is 2.40. The molecule has 0 spiro atoms. The molecule has 0 bridgehead atoms. The van der Waals surface area contributed by atoms with Crippen LogP contribution in [-0.2, 0) is 16.6 Å². The van der Waals surface area contributed by atoms with Gasteiger partial charge in [-0.05, 0) is 37.4 Å². The van der Waals surface area contributed by atoms with Crippen molar-refractivity contribution in [2.24, 2.45) is 0 Å². The summed E-state index contributed by atoms with van der Waals surface area (Å²) in [5.41, 5.74) is 0.370. The highest BCUT2D eigenvalue weighted by Gasteiger charge is 2.22. The van der Waals surface area contributed by atoms with Gasteiger partial charge in [0.1, 0.15) is 4.90 Å². The van der Waals surface area contributed by atoms with Crippen molar-refractivity contribution < 1.29 is 17.2 Å². The first kappa shape index (κ1) is 18.3. The average molecular weight is 338 g/mol. The van der Waals surface area contributed by atoms with Crippen LogP contribution in [0.1, 0.15) is 18.9 Å². The van der Waals surface area contributed by atoms with Crippen molar-refractivity contribution in [1.29, 1.82) is 0 Å². The van der Waals surface area contributed by atoms with Crippen LogP contribution < -0.4 is 10.0 Å². The Morgan fingerprint density at radius 3 is 2.57 bits per heavy atom. The second-order valence-electron chi connectivity index (χ2n) is 4.65. The van der Waals surface area contributed by atoms with Gasteiger partial charge in [-0.15, -0.1) is 0 Å². The minimum absolute atomic E-state index is 0.182. The third-order valence-corrected chi connectivity index (χ3v) is 5.47. The van der Waals surface area contributed by atoms with Gasteiger partial charge in [0.25, 0.3) is 0 Å². The molecule has 0 aliphatic carbocycles. The van der Waals surface area contributed by atoms with Gasteiger partial charge in [-0.25, -0.2) is 21.9 Å². The second-order valence-corrected chi connectivity index (χ2v) is 7.66. The molecule has 0 fully saturated rings. The van der Waals surface area contributed by atoms with Gasteiger partial charge in [-0.2, -0.15) is 11.8 Å². The van der Waals surface area contributed by atoms with E-state index in [2.05, 4.69) is 10.0 Å². The van der Waals surface area contributed by atoms with E-state index in [1.807, 2.05) is 13.2 Å². The molecule has 0 heterocycles. The summed E-state index contributed by atoms with van der Waals surface area (Å²) < 4.78 is 53.7. The Labute approximate surface area is 128 Å². The predicted octanol–water partition coefficient (Wildman–Crippen LogP) is 2.10. The zero-order chi connectivity index (χ0) is 16.0. The Balaban J connectivity index is 2.96. The van der Waals surface area contributed by atoms with E-state index in [0.29, 0.717) is 12.0 Å². The Hall–Kier alpha value is -0.700. The topological polar surface area (TPSA) is 58.2 Å². The van der Waals surface area contributed by atoms with Crippen LogP contribution in [0.4, 0.5) is 8.78 Å². The van der Waals surface area contributed by atoms with Crippen molar-refractivity contribution >= 4 is 21.8 Å². The van der Waals surface area contributed by atoms with Crippen LogP contribution in [0.2, 0.25) is 0 Å². The fraction of sp³-hybridized carbons (Fsp3) is 0.538. The van der Waals surface area contributed by atoms with Crippen LogP contribution in [0.25, 0.3) is 0 Å². The molecule has 1 rings (SSSR count). The molecule has 4 nitrogen and oxygen atoms in total. The van der Waals surface area contributed by atoms with Crippen molar-refractivity contribution in [2.75, 3.05) is 19.8 Å². The van der Waals surface area contributed by atoms with E-state index >= 15 is 0 Å². The molecule has 21 heavy (non-hydrogen) atoms. The quantitative estimate of drug-likeness (QED) is 0.762. The van der Waals surface area contributed by atoms with E-state index in [0.717, 1.165) is 12.1 Å². The van der Waals surface area contributed by atoms with Gasteiger partial charge in [0.15, 0.2) is 11.6 Å². The number of thioether (sulfide) groups is 1. The van der Waals surface area contributed by atoms with Crippen molar-refractivity contribution in [3.8, 4) is 0 Å². The zero-order valence-corrected chi connectivity index (χ0v) is 13.9. The molecule has 1 atom stereocenters. The highest BCUT2D eigenvalue weighted by Crippen LogP contribution is 2.20. The fourth-order valence-electron chi connectivity index (χ4n) is 1.71. The lowest BCUT2D eigenvalue weighted by atomic mass is 10.2. The Morgan fingerprint density at radius 2 is 2.00 bits per heavy atom. The van der Waals surface area contributed by atoms with Gasteiger partial charge in [0, 0.05) is 18.3 Å². The van der Waals surface area contributed by atoms with Gasteiger partial charge in [0.05, 0.1) is 0 Å². The highest BCUT2D eigenvalue weighted by molar-refractivity contribution is 7.99. The van der Waals surface area contributed by atoms with Crippen molar-refractivity contribution in [3.63, 3.8) is 0 Å². The Morgan fingerprint density at radius 1 is 1.33 bits per heavy atom. The summed E-state index contributed by atoms with van der Waals surface area (Å²) in [4.78, 5) is -0.649. The first-order valence-electron chi connectivity index (χ1n) is 6.46. The van der Waals surface area contributed by atoms with E-state index in [1.165, 1.54) is 0 Å². The third kappa shape index (κ3) is 5.21. The predicted molar refractivity (Wildman–Crippen MR) is 81.9 cm³/mol. The van der Waals surface area contributed by atoms with Gasteiger partial charge < -0.3 is 5.32 Å². The van der Waals surface area contributed by atoms with Crippen LogP contribution in [0.15, 0.2) is 17.0 Å². The number of nitrogens with one attached hydrogen (secondary N) is 2. The summed E-state index contributed by atoms with van der Waals surface area (Å²) in [6.07, 6.45) is 2.54. The molecule has 0 aliphatic heterocycles. The zero-order valence-electron chi connectivity index (χ0n) is 12.2. The lowest BCUT2D eigenvalue weighted by Gasteiger charge is -2.12. The van der Waals surface area contributed by atoms with E-state index in [4.69, 9.17) is 0 Å². The SMILES string of the molecule is CNCc1cc(F)c(F)c(S(=O)(=O)NCCC(C)SC)c1. The molecule has 1 aromatic rings. The first-order valence-corrected chi connectivity index (χ1v) is 9.24. The molecule has 0 aromatic heterocycles. The number of benzene rings is 1. The van der Waals surface area contributed by atoms with Crippen LogP contribution >= 0.6 is 11.8 Å². The lowest BCUT2D eigenvalue weighted by molar-refractivity contribution is 0.480. The van der Waals surface area contributed by atoms with Crippen molar-refractivity contribution in [3.05, 3.63) is 29.3 Å². The van der Waals surface area contributed by atoms with Gasteiger partial charge in [0.2, 0.25) is 10.0 Å². The molecule has 2 N–H and O–H groups in total. The monoisotopic (exact) mass is 338 g/mol. The molecule has 0 amide bonds.